The highest BCUT2D eigenvalue weighted by Gasteiger charge is 2.29. The summed E-state index contributed by atoms with van der Waals surface area (Å²) in [6.07, 6.45) is 3.36. The van der Waals surface area contributed by atoms with Crippen LogP contribution in [0.4, 0.5) is 0 Å². The summed E-state index contributed by atoms with van der Waals surface area (Å²) in [5.74, 6) is 0.828. The van der Waals surface area contributed by atoms with Crippen LogP contribution < -0.4 is 0 Å². The minimum atomic E-state index is 0.190. The maximum atomic E-state index is 9.68. The van der Waals surface area contributed by atoms with Crippen LogP contribution in [0.15, 0.2) is 18.2 Å². The highest BCUT2D eigenvalue weighted by Crippen LogP contribution is 2.25. The summed E-state index contributed by atoms with van der Waals surface area (Å²) in [7, 11) is 0. The second-order valence-corrected chi connectivity index (χ2v) is 6.54. The molecule has 2 aromatic rings. The third kappa shape index (κ3) is 3.14. The van der Waals surface area contributed by atoms with E-state index >= 15 is 0 Å². The number of piperidine rings is 1. The van der Waals surface area contributed by atoms with Crippen LogP contribution >= 0.6 is 0 Å². The van der Waals surface area contributed by atoms with Crippen molar-refractivity contribution < 1.29 is 5.11 Å². The first-order chi connectivity index (χ1) is 11.1. The predicted octanol–water partition coefficient (Wildman–Crippen LogP) is 2.01. The fourth-order valence-corrected chi connectivity index (χ4v) is 3.60. The maximum absolute atomic E-state index is 9.68. The van der Waals surface area contributed by atoms with Crippen molar-refractivity contribution in [2.24, 2.45) is 0 Å². The summed E-state index contributed by atoms with van der Waals surface area (Å²) < 4.78 is 1.85. The van der Waals surface area contributed by atoms with E-state index in [0.29, 0.717) is 12.6 Å². The Bertz CT molecular complexity index is 649. The van der Waals surface area contributed by atoms with Crippen LogP contribution in [0.3, 0.4) is 0 Å². The first kappa shape index (κ1) is 16.1. The monoisotopic (exact) mass is 315 g/mol. The maximum Gasteiger partial charge on any atom is 0.170 e. The van der Waals surface area contributed by atoms with Crippen LogP contribution in [0, 0.1) is 13.8 Å². The number of aliphatic hydroxyl groups is 1. The van der Waals surface area contributed by atoms with Gasteiger partial charge in [-0.2, -0.15) is 4.68 Å². The lowest BCUT2D eigenvalue weighted by atomic mass is 9.97. The van der Waals surface area contributed by atoms with Gasteiger partial charge in [-0.05, 0) is 55.2 Å². The lowest BCUT2D eigenvalue weighted by molar-refractivity contribution is 0.0425. The normalized spacial score (nSPS) is 22.4. The van der Waals surface area contributed by atoms with E-state index in [0.717, 1.165) is 35.5 Å². The molecule has 23 heavy (non-hydrogen) atoms. The average molecular weight is 315 g/mol. The van der Waals surface area contributed by atoms with Gasteiger partial charge in [0.05, 0.1) is 18.8 Å². The molecule has 6 heteroatoms. The van der Waals surface area contributed by atoms with Crippen molar-refractivity contribution in [3.8, 4) is 5.69 Å². The number of benzene rings is 1. The number of nitrogens with zero attached hydrogens (tertiary/aromatic N) is 5. The molecule has 2 heterocycles. The van der Waals surface area contributed by atoms with Gasteiger partial charge in [-0.15, -0.1) is 5.10 Å². The van der Waals surface area contributed by atoms with Gasteiger partial charge in [0, 0.05) is 12.1 Å². The van der Waals surface area contributed by atoms with Crippen molar-refractivity contribution in [1.82, 2.24) is 25.1 Å². The van der Waals surface area contributed by atoms with Gasteiger partial charge in [-0.25, -0.2) is 0 Å². The van der Waals surface area contributed by atoms with E-state index in [1.54, 1.807) is 0 Å². The molecule has 1 aromatic carbocycles. The van der Waals surface area contributed by atoms with Gasteiger partial charge in [0.15, 0.2) is 5.82 Å². The van der Waals surface area contributed by atoms with E-state index in [1.807, 2.05) is 10.7 Å². The zero-order valence-electron chi connectivity index (χ0n) is 14.1. The fourth-order valence-electron chi connectivity index (χ4n) is 3.60. The number of aliphatic hydroxyl groups excluding tert-OH is 1. The van der Waals surface area contributed by atoms with E-state index < -0.39 is 0 Å². The molecule has 124 valence electrons. The van der Waals surface area contributed by atoms with E-state index in [9.17, 15) is 5.11 Å². The van der Waals surface area contributed by atoms with Gasteiger partial charge in [-0.1, -0.05) is 24.6 Å². The topological polar surface area (TPSA) is 67.1 Å². The number of hydrogen-bond acceptors (Lipinski definition) is 5. The van der Waals surface area contributed by atoms with Crippen molar-refractivity contribution >= 4 is 0 Å². The third-order valence-electron chi connectivity index (χ3n) is 4.91. The van der Waals surface area contributed by atoms with E-state index in [2.05, 4.69) is 53.3 Å². The summed E-state index contributed by atoms with van der Waals surface area (Å²) in [6, 6.07) is 6.83. The highest BCUT2D eigenvalue weighted by molar-refractivity contribution is 5.46. The zero-order chi connectivity index (χ0) is 16.4. The molecule has 1 saturated heterocycles. The largest absolute Gasteiger partial charge is 0.395 e. The fraction of sp³-hybridized carbons (Fsp3) is 0.588. The minimum absolute atomic E-state index is 0.190. The molecule has 1 aliphatic rings. The van der Waals surface area contributed by atoms with Crippen LogP contribution in [0.5, 0.6) is 0 Å². The SMILES string of the molecule is Cc1cccc(C)c1-n1nnnc1CN1C(C)CCCC1CO. The number of likely N-dealkylation sites (tertiary alicyclic amines) is 1. The van der Waals surface area contributed by atoms with E-state index in [1.165, 1.54) is 6.42 Å². The Kier molecular flexibility index (Phi) is 4.73. The number of tetrazole rings is 1. The molecule has 0 radical (unpaired) electrons. The van der Waals surface area contributed by atoms with Crippen molar-refractivity contribution in [2.45, 2.75) is 58.7 Å². The Hall–Kier alpha value is -1.79. The molecule has 1 N–H and O–H groups in total. The molecule has 2 atom stereocenters. The summed E-state index contributed by atoms with van der Waals surface area (Å²) >= 11 is 0. The molecule has 1 aliphatic heterocycles. The number of aryl methyl sites for hydroxylation is 2. The van der Waals surface area contributed by atoms with Crippen LogP contribution in [0.1, 0.15) is 43.1 Å². The predicted molar refractivity (Wildman–Crippen MR) is 88.4 cm³/mol. The van der Waals surface area contributed by atoms with Gasteiger partial charge in [0.2, 0.25) is 0 Å². The third-order valence-corrected chi connectivity index (χ3v) is 4.91. The standard InChI is InChI=1S/C17H25N5O/c1-12-6-4-7-13(2)17(12)22-16(18-19-20-22)10-21-14(3)8-5-9-15(21)11-23/h4,6-7,14-15,23H,5,8-11H2,1-3H3. The first-order valence-corrected chi connectivity index (χ1v) is 8.32. The molecule has 2 unspecified atom stereocenters. The average Bonchev–Trinajstić information content (AvgIpc) is 2.97. The zero-order valence-corrected chi connectivity index (χ0v) is 14.1. The lowest BCUT2D eigenvalue weighted by Crippen LogP contribution is -2.46. The Morgan fingerprint density at radius 3 is 2.65 bits per heavy atom. The smallest absolute Gasteiger partial charge is 0.170 e. The second-order valence-electron chi connectivity index (χ2n) is 6.54. The van der Waals surface area contributed by atoms with Crippen molar-refractivity contribution in [3.05, 3.63) is 35.2 Å². The van der Waals surface area contributed by atoms with Gasteiger partial charge in [0.25, 0.3) is 0 Å². The van der Waals surface area contributed by atoms with Crippen LogP contribution in [-0.4, -0.2) is 48.9 Å². The molecule has 1 fully saturated rings. The Morgan fingerprint density at radius 1 is 1.22 bits per heavy atom. The molecule has 3 rings (SSSR count). The molecule has 0 aliphatic carbocycles. The Labute approximate surface area is 137 Å². The van der Waals surface area contributed by atoms with Gasteiger partial charge in [-0.3, -0.25) is 4.90 Å². The second kappa shape index (κ2) is 6.76. The molecule has 0 amide bonds. The molecule has 6 nitrogen and oxygen atoms in total. The minimum Gasteiger partial charge on any atom is -0.395 e. The lowest BCUT2D eigenvalue weighted by Gasteiger charge is -2.39. The molecular weight excluding hydrogens is 290 g/mol. The van der Waals surface area contributed by atoms with Crippen molar-refractivity contribution in [1.29, 1.82) is 0 Å². The molecule has 0 spiro atoms. The van der Waals surface area contributed by atoms with Gasteiger partial charge in [0.1, 0.15) is 0 Å². The molecule has 1 aromatic heterocycles. The van der Waals surface area contributed by atoms with Crippen LogP contribution in [-0.2, 0) is 6.54 Å². The van der Waals surface area contributed by atoms with Crippen molar-refractivity contribution in [3.63, 3.8) is 0 Å². The first-order valence-electron chi connectivity index (χ1n) is 8.32. The highest BCUT2D eigenvalue weighted by atomic mass is 16.3. The van der Waals surface area contributed by atoms with E-state index in [4.69, 9.17) is 0 Å². The summed E-state index contributed by atoms with van der Waals surface area (Å²) in [5, 5.41) is 22.0. The quantitative estimate of drug-likeness (QED) is 0.935. The molecule has 0 saturated carbocycles. The Balaban J connectivity index is 1.92. The summed E-state index contributed by atoms with van der Waals surface area (Å²) in [5.41, 5.74) is 3.37. The number of para-hydroxylation sites is 1. The van der Waals surface area contributed by atoms with Gasteiger partial charge < -0.3 is 5.11 Å². The molecular formula is C17H25N5O. The summed E-state index contributed by atoms with van der Waals surface area (Å²) in [6.45, 7) is 7.22. The molecule has 0 bridgehead atoms. The van der Waals surface area contributed by atoms with Crippen LogP contribution in [0.2, 0.25) is 0 Å². The number of rotatable bonds is 4. The summed E-state index contributed by atoms with van der Waals surface area (Å²) in [4.78, 5) is 2.33. The number of hydrogen-bond donors (Lipinski definition) is 1. The Morgan fingerprint density at radius 2 is 1.96 bits per heavy atom. The van der Waals surface area contributed by atoms with Crippen molar-refractivity contribution in [2.75, 3.05) is 6.61 Å². The van der Waals surface area contributed by atoms with Crippen LogP contribution in [0.25, 0.3) is 5.69 Å². The van der Waals surface area contributed by atoms with Gasteiger partial charge >= 0.3 is 0 Å². The number of aromatic nitrogens is 4. The van der Waals surface area contributed by atoms with E-state index in [-0.39, 0.29) is 12.6 Å².